The Bertz CT molecular complexity index is 568. The Labute approximate surface area is 119 Å². The number of nitrogens with zero attached hydrogens (tertiary/aromatic N) is 1. The first-order valence-electron chi connectivity index (χ1n) is 6.24. The van der Waals surface area contributed by atoms with Crippen LogP contribution < -0.4 is 11.1 Å². The highest BCUT2D eigenvalue weighted by atomic mass is 16.2. The minimum atomic E-state index is -0.283. The van der Waals surface area contributed by atoms with Gasteiger partial charge in [0.2, 0.25) is 5.91 Å². The molecule has 0 radical (unpaired) electrons. The summed E-state index contributed by atoms with van der Waals surface area (Å²) in [5.74, 6) is 5.24. The van der Waals surface area contributed by atoms with E-state index in [2.05, 4.69) is 17.2 Å². The van der Waals surface area contributed by atoms with Crippen LogP contribution in [0.15, 0.2) is 18.2 Å². The van der Waals surface area contributed by atoms with Crippen LogP contribution in [0.2, 0.25) is 0 Å². The van der Waals surface area contributed by atoms with Gasteiger partial charge in [0, 0.05) is 25.2 Å². The van der Waals surface area contributed by atoms with Crippen LogP contribution in [0.25, 0.3) is 0 Å². The lowest BCUT2D eigenvalue weighted by molar-refractivity contribution is -0.127. The molecule has 0 saturated carbocycles. The molecule has 2 amide bonds. The molecule has 1 aromatic rings. The fraction of sp³-hybridized carbons (Fsp3) is 0.333. The highest BCUT2D eigenvalue weighted by Crippen LogP contribution is 2.12. The van der Waals surface area contributed by atoms with Gasteiger partial charge in [-0.1, -0.05) is 17.9 Å². The molecule has 1 rings (SSSR count). The van der Waals surface area contributed by atoms with Crippen molar-refractivity contribution in [3.05, 3.63) is 34.9 Å². The van der Waals surface area contributed by atoms with Crippen LogP contribution in [0.3, 0.4) is 0 Å². The number of carbonyl (C=O) groups excluding carboxylic acids is 2. The van der Waals surface area contributed by atoms with Crippen LogP contribution in [0.1, 0.15) is 21.5 Å². The van der Waals surface area contributed by atoms with Crippen molar-refractivity contribution < 1.29 is 9.59 Å². The van der Waals surface area contributed by atoms with E-state index in [4.69, 9.17) is 5.73 Å². The van der Waals surface area contributed by atoms with E-state index >= 15 is 0 Å². The molecule has 5 heteroatoms. The zero-order valence-corrected chi connectivity index (χ0v) is 12.0. The van der Waals surface area contributed by atoms with Crippen LogP contribution >= 0.6 is 0 Å². The molecule has 5 nitrogen and oxygen atoms in total. The Morgan fingerprint density at radius 1 is 1.35 bits per heavy atom. The highest BCUT2D eigenvalue weighted by Gasteiger charge is 2.12. The van der Waals surface area contributed by atoms with E-state index in [1.54, 1.807) is 26.2 Å². The average Bonchev–Trinajstić information content (AvgIpc) is 2.43. The third-order valence-corrected chi connectivity index (χ3v) is 2.80. The molecule has 0 bridgehead atoms. The minimum Gasteiger partial charge on any atom is -0.347 e. The summed E-state index contributed by atoms with van der Waals surface area (Å²) in [5.41, 5.74) is 7.40. The van der Waals surface area contributed by atoms with E-state index in [9.17, 15) is 9.59 Å². The summed E-state index contributed by atoms with van der Waals surface area (Å²) in [6.07, 6.45) is 0. The Kier molecular flexibility index (Phi) is 5.75. The van der Waals surface area contributed by atoms with Gasteiger partial charge in [-0.15, -0.1) is 0 Å². The SMILES string of the molecule is Cc1c(C#CCN)cccc1C(=O)NCC(=O)N(C)C. The molecular weight excluding hydrogens is 254 g/mol. The van der Waals surface area contributed by atoms with E-state index in [-0.39, 0.29) is 24.9 Å². The number of nitrogens with two attached hydrogens (primary N) is 1. The molecule has 106 valence electrons. The molecular formula is C15H19N3O2. The van der Waals surface area contributed by atoms with Gasteiger partial charge in [0.25, 0.3) is 5.91 Å². The van der Waals surface area contributed by atoms with E-state index in [0.717, 1.165) is 11.1 Å². The van der Waals surface area contributed by atoms with Gasteiger partial charge in [-0.2, -0.15) is 0 Å². The summed E-state index contributed by atoms with van der Waals surface area (Å²) in [7, 11) is 3.28. The Hall–Kier alpha value is -2.32. The second-order valence-electron chi connectivity index (χ2n) is 4.45. The zero-order chi connectivity index (χ0) is 15.1. The summed E-state index contributed by atoms with van der Waals surface area (Å²) >= 11 is 0. The van der Waals surface area contributed by atoms with Crippen LogP contribution in [0, 0.1) is 18.8 Å². The summed E-state index contributed by atoms with van der Waals surface area (Å²) in [6, 6.07) is 5.30. The van der Waals surface area contributed by atoms with E-state index in [0.29, 0.717) is 5.56 Å². The summed E-state index contributed by atoms with van der Waals surface area (Å²) in [4.78, 5) is 24.9. The largest absolute Gasteiger partial charge is 0.347 e. The molecule has 20 heavy (non-hydrogen) atoms. The lowest BCUT2D eigenvalue weighted by atomic mass is 10.0. The monoisotopic (exact) mass is 273 g/mol. The van der Waals surface area contributed by atoms with E-state index in [1.807, 2.05) is 13.0 Å². The van der Waals surface area contributed by atoms with Crippen LogP contribution in [0.5, 0.6) is 0 Å². The maximum Gasteiger partial charge on any atom is 0.252 e. The summed E-state index contributed by atoms with van der Waals surface area (Å²) < 4.78 is 0. The molecule has 0 atom stereocenters. The maximum atomic E-state index is 12.1. The van der Waals surface area contributed by atoms with Crippen molar-refractivity contribution in [1.29, 1.82) is 0 Å². The lowest BCUT2D eigenvalue weighted by Crippen LogP contribution is -2.36. The molecule has 0 spiro atoms. The number of rotatable bonds is 3. The van der Waals surface area contributed by atoms with Crippen LogP contribution in [-0.2, 0) is 4.79 Å². The number of nitrogens with one attached hydrogen (secondary N) is 1. The molecule has 1 aromatic carbocycles. The normalized spacial score (nSPS) is 9.40. The first kappa shape index (κ1) is 15.7. The molecule has 0 fully saturated rings. The van der Waals surface area contributed by atoms with E-state index in [1.165, 1.54) is 4.90 Å². The first-order chi connectivity index (χ1) is 9.47. The molecule has 0 saturated heterocycles. The molecule has 0 unspecified atom stereocenters. The smallest absolute Gasteiger partial charge is 0.252 e. The third-order valence-electron chi connectivity index (χ3n) is 2.80. The lowest BCUT2D eigenvalue weighted by Gasteiger charge is -2.12. The molecule has 0 aliphatic carbocycles. The second kappa shape index (κ2) is 7.31. The van der Waals surface area contributed by atoms with Crippen molar-refractivity contribution >= 4 is 11.8 Å². The molecule has 3 N–H and O–H groups in total. The number of hydrogen-bond donors (Lipinski definition) is 2. The van der Waals surface area contributed by atoms with Crippen molar-refractivity contribution in [3.8, 4) is 11.8 Å². The number of likely N-dealkylation sites (N-methyl/N-ethyl adjacent to an activating group) is 1. The molecule has 0 aromatic heterocycles. The van der Waals surface area contributed by atoms with Crippen molar-refractivity contribution in [2.24, 2.45) is 5.73 Å². The standard InChI is InChI=1S/C15H19N3O2/c1-11-12(7-5-9-16)6-4-8-13(11)15(20)17-10-14(19)18(2)3/h4,6,8H,9-10,16H2,1-3H3,(H,17,20). The quantitative estimate of drug-likeness (QED) is 0.768. The topological polar surface area (TPSA) is 75.4 Å². The molecule has 0 heterocycles. The van der Waals surface area contributed by atoms with Gasteiger partial charge < -0.3 is 16.0 Å². The van der Waals surface area contributed by atoms with Gasteiger partial charge in [-0.3, -0.25) is 9.59 Å². The third kappa shape index (κ3) is 4.11. The second-order valence-corrected chi connectivity index (χ2v) is 4.45. The minimum absolute atomic E-state index is 0.0238. The van der Waals surface area contributed by atoms with Gasteiger partial charge in [-0.25, -0.2) is 0 Å². The highest BCUT2D eigenvalue weighted by molar-refractivity contribution is 5.98. The van der Waals surface area contributed by atoms with Gasteiger partial charge in [-0.05, 0) is 24.6 Å². The number of carbonyl (C=O) groups is 2. The Morgan fingerprint density at radius 3 is 2.65 bits per heavy atom. The maximum absolute atomic E-state index is 12.1. The summed E-state index contributed by atoms with van der Waals surface area (Å²) in [6.45, 7) is 2.07. The fourth-order valence-electron chi connectivity index (χ4n) is 1.57. The van der Waals surface area contributed by atoms with E-state index < -0.39 is 0 Å². The van der Waals surface area contributed by atoms with Crippen LogP contribution in [-0.4, -0.2) is 43.9 Å². The zero-order valence-electron chi connectivity index (χ0n) is 12.0. The molecule has 0 aliphatic rings. The summed E-state index contributed by atoms with van der Waals surface area (Å²) in [5, 5.41) is 2.60. The van der Waals surface area contributed by atoms with Gasteiger partial charge in [0.15, 0.2) is 0 Å². The predicted octanol–water partition coefficient (Wildman–Crippen LogP) is 0.123. The van der Waals surface area contributed by atoms with Crippen molar-refractivity contribution in [2.75, 3.05) is 27.2 Å². The van der Waals surface area contributed by atoms with Gasteiger partial charge >= 0.3 is 0 Å². The van der Waals surface area contributed by atoms with Crippen molar-refractivity contribution in [2.45, 2.75) is 6.92 Å². The van der Waals surface area contributed by atoms with Crippen molar-refractivity contribution in [1.82, 2.24) is 10.2 Å². The Morgan fingerprint density at radius 2 is 2.05 bits per heavy atom. The number of hydrogen-bond acceptors (Lipinski definition) is 3. The number of amides is 2. The van der Waals surface area contributed by atoms with Crippen molar-refractivity contribution in [3.63, 3.8) is 0 Å². The number of benzene rings is 1. The fourth-order valence-corrected chi connectivity index (χ4v) is 1.57. The van der Waals surface area contributed by atoms with Gasteiger partial charge in [0.1, 0.15) is 0 Å². The Balaban J connectivity index is 2.86. The van der Waals surface area contributed by atoms with Crippen LogP contribution in [0.4, 0.5) is 0 Å². The first-order valence-corrected chi connectivity index (χ1v) is 6.24. The molecule has 0 aliphatic heterocycles. The van der Waals surface area contributed by atoms with Gasteiger partial charge in [0.05, 0.1) is 13.1 Å². The predicted molar refractivity (Wildman–Crippen MR) is 78.1 cm³/mol. The average molecular weight is 273 g/mol.